The van der Waals surface area contributed by atoms with Crippen molar-refractivity contribution in [1.82, 2.24) is 19.6 Å². The number of rotatable bonds is 11. The molecule has 1 aromatic carbocycles. The molecule has 2 heterocycles. The van der Waals surface area contributed by atoms with Crippen molar-refractivity contribution in [3.05, 3.63) is 46.8 Å². The van der Waals surface area contributed by atoms with Crippen molar-refractivity contribution >= 4 is 0 Å². The maximum atomic E-state index is 5.54. The largest absolute Gasteiger partial charge is 0.496 e. The molecule has 1 aromatic heterocycles. The van der Waals surface area contributed by atoms with Crippen LogP contribution in [0.2, 0.25) is 0 Å². The lowest BCUT2D eigenvalue weighted by Gasteiger charge is -2.35. The summed E-state index contributed by atoms with van der Waals surface area (Å²) in [5.41, 5.74) is 5.11. The van der Waals surface area contributed by atoms with Gasteiger partial charge in [-0.3, -0.25) is 14.5 Å². The van der Waals surface area contributed by atoms with E-state index in [1.165, 1.54) is 29.7 Å². The Hall–Kier alpha value is -1.89. The van der Waals surface area contributed by atoms with Crippen LogP contribution in [0.3, 0.4) is 0 Å². The van der Waals surface area contributed by atoms with Crippen LogP contribution in [0.5, 0.6) is 5.75 Å². The first-order valence-corrected chi connectivity index (χ1v) is 12.0. The third kappa shape index (κ3) is 6.33. The number of piperidine rings is 1. The van der Waals surface area contributed by atoms with Crippen LogP contribution in [0.1, 0.15) is 55.2 Å². The number of benzene rings is 1. The molecule has 6 nitrogen and oxygen atoms in total. The van der Waals surface area contributed by atoms with E-state index in [4.69, 9.17) is 14.6 Å². The molecule has 0 aliphatic carbocycles. The summed E-state index contributed by atoms with van der Waals surface area (Å²) in [6.45, 7) is 15.8. The van der Waals surface area contributed by atoms with Gasteiger partial charge in [0.15, 0.2) is 0 Å². The topological polar surface area (TPSA) is 42.8 Å². The summed E-state index contributed by atoms with van der Waals surface area (Å²) in [6, 6.07) is 8.77. The minimum absolute atomic E-state index is 0.391. The van der Waals surface area contributed by atoms with Crippen molar-refractivity contribution in [2.24, 2.45) is 5.92 Å². The van der Waals surface area contributed by atoms with Gasteiger partial charge in [-0.05, 0) is 65.6 Å². The van der Waals surface area contributed by atoms with Crippen molar-refractivity contribution in [1.29, 1.82) is 0 Å². The molecule has 1 fully saturated rings. The summed E-state index contributed by atoms with van der Waals surface area (Å²) in [6.07, 6.45) is 2.48. The highest BCUT2D eigenvalue weighted by Crippen LogP contribution is 2.25. The smallest absolute Gasteiger partial charge is 0.123 e. The van der Waals surface area contributed by atoms with E-state index in [9.17, 15) is 0 Å². The lowest BCUT2D eigenvalue weighted by molar-refractivity contribution is 0.106. The molecular formula is C26H42N4O2. The summed E-state index contributed by atoms with van der Waals surface area (Å²) in [5.74, 6) is 1.72. The first-order valence-electron chi connectivity index (χ1n) is 12.0. The fraction of sp³-hybridized carbons (Fsp3) is 0.654. The van der Waals surface area contributed by atoms with Crippen LogP contribution in [0.25, 0.3) is 0 Å². The van der Waals surface area contributed by atoms with E-state index in [0.29, 0.717) is 6.04 Å². The molecule has 2 aromatic rings. The third-order valence-corrected chi connectivity index (χ3v) is 6.77. The monoisotopic (exact) mass is 442 g/mol. The number of ether oxygens (including phenoxy) is 2. The van der Waals surface area contributed by atoms with E-state index in [0.717, 1.165) is 63.2 Å². The highest BCUT2D eigenvalue weighted by atomic mass is 16.5. The van der Waals surface area contributed by atoms with Crippen molar-refractivity contribution in [3.8, 4) is 5.75 Å². The molecule has 0 atom stereocenters. The number of para-hydroxylation sites is 1. The second-order valence-electron chi connectivity index (χ2n) is 9.45. The number of methoxy groups -OCH3 is 2. The second-order valence-corrected chi connectivity index (χ2v) is 9.45. The summed E-state index contributed by atoms with van der Waals surface area (Å²) in [7, 11) is 3.55. The lowest BCUT2D eigenvalue weighted by Crippen LogP contribution is -2.39. The van der Waals surface area contributed by atoms with Gasteiger partial charge in [0, 0.05) is 56.2 Å². The molecule has 178 valence electrons. The molecule has 3 rings (SSSR count). The number of aryl methyl sites for hydroxylation is 1. The van der Waals surface area contributed by atoms with Crippen LogP contribution >= 0.6 is 0 Å². The molecule has 1 aliphatic rings. The van der Waals surface area contributed by atoms with Crippen LogP contribution in [0.15, 0.2) is 24.3 Å². The molecule has 6 heteroatoms. The maximum absolute atomic E-state index is 5.54. The fourth-order valence-electron chi connectivity index (χ4n) is 4.87. The van der Waals surface area contributed by atoms with Crippen LogP contribution in [0, 0.1) is 19.8 Å². The Morgan fingerprint density at radius 2 is 1.84 bits per heavy atom. The van der Waals surface area contributed by atoms with E-state index in [2.05, 4.69) is 60.4 Å². The molecule has 0 radical (unpaired) electrons. The predicted octanol–water partition coefficient (Wildman–Crippen LogP) is 4.45. The van der Waals surface area contributed by atoms with Gasteiger partial charge >= 0.3 is 0 Å². The summed E-state index contributed by atoms with van der Waals surface area (Å²) >= 11 is 0. The van der Waals surface area contributed by atoms with Crippen LogP contribution in [0.4, 0.5) is 0 Å². The Bertz CT molecular complexity index is 840. The predicted molar refractivity (Wildman–Crippen MR) is 130 cm³/mol. The van der Waals surface area contributed by atoms with Crippen LogP contribution in [-0.4, -0.2) is 66.6 Å². The molecular weight excluding hydrogens is 400 g/mol. The van der Waals surface area contributed by atoms with Crippen molar-refractivity contribution < 1.29 is 9.47 Å². The Morgan fingerprint density at radius 3 is 2.47 bits per heavy atom. The zero-order valence-electron chi connectivity index (χ0n) is 20.9. The molecule has 0 bridgehead atoms. The lowest BCUT2D eigenvalue weighted by atomic mass is 9.95. The molecule has 0 N–H and O–H groups in total. The maximum Gasteiger partial charge on any atom is 0.123 e. The van der Waals surface area contributed by atoms with Gasteiger partial charge < -0.3 is 9.47 Å². The third-order valence-electron chi connectivity index (χ3n) is 6.77. The van der Waals surface area contributed by atoms with Crippen LogP contribution < -0.4 is 4.74 Å². The first kappa shape index (κ1) is 24.7. The first-order chi connectivity index (χ1) is 15.4. The van der Waals surface area contributed by atoms with Gasteiger partial charge in [0.05, 0.1) is 19.4 Å². The van der Waals surface area contributed by atoms with Gasteiger partial charge in [0.1, 0.15) is 5.75 Å². The van der Waals surface area contributed by atoms with E-state index >= 15 is 0 Å². The van der Waals surface area contributed by atoms with Gasteiger partial charge in [-0.15, -0.1) is 0 Å². The number of hydrogen-bond acceptors (Lipinski definition) is 5. The average Bonchev–Trinajstić information content (AvgIpc) is 3.07. The minimum Gasteiger partial charge on any atom is -0.496 e. The molecule has 1 aliphatic heterocycles. The van der Waals surface area contributed by atoms with Gasteiger partial charge in [0.2, 0.25) is 0 Å². The minimum atomic E-state index is 0.391. The SMILES string of the molecule is COCCN(Cc1c(C)nn(C(C)C)c1C)CC1CCN(Cc2ccccc2OC)CC1. The van der Waals surface area contributed by atoms with E-state index in [-0.39, 0.29) is 0 Å². The van der Waals surface area contributed by atoms with Crippen molar-refractivity contribution in [2.75, 3.05) is 47.0 Å². The summed E-state index contributed by atoms with van der Waals surface area (Å²) < 4.78 is 13.1. The van der Waals surface area contributed by atoms with Gasteiger partial charge in [0.25, 0.3) is 0 Å². The molecule has 0 spiro atoms. The van der Waals surface area contributed by atoms with E-state index in [1.54, 1.807) is 14.2 Å². The van der Waals surface area contributed by atoms with Crippen LogP contribution in [-0.2, 0) is 17.8 Å². The normalized spacial score (nSPS) is 15.8. The average molecular weight is 443 g/mol. The Morgan fingerprint density at radius 1 is 1.12 bits per heavy atom. The van der Waals surface area contributed by atoms with Gasteiger partial charge in [-0.2, -0.15) is 5.10 Å². The Balaban J connectivity index is 1.58. The highest BCUT2D eigenvalue weighted by Gasteiger charge is 2.24. The van der Waals surface area contributed by atoms with Gasteiger partial charge in [-0.1, -0.05) is 18.2 Å². The number of nitrogens with zero attached hydrogens (tertiary/aromatic N) is 4. The van der Waals surface area contributed by atoms with Gasteiger partial charge in [-0.25, -0.2) is 0 Å². The summed E-state index contributed by atoms with van der Waals surface area (Å²) in [4.78, 5) is 5.14. The molecule has 0 saturated carbocycles. The fourth-order valence-corrected chi connectivity index (χ4v) is 4.87. The quantitative estimate of drug-likeness (QED) is 0.514. The number of likely N-dealkylation sites (tertiary alicyclic amines) is 1. The molecule has 0 amide bonds. The van der Waals surface area contributed by atoms with Crippen molar-refractivity contribution in [3.63, 3.8) is 0 Å². The standard InChI is InChI=1S/C26H42N4O2/c1-20(2)30-22(4)25(21(3)27-30)19-29(15-16-31-5)17-23-11-13-28(14-12-23)18-24-9-7-8-10-26(24)32-6/h7-10,20,23H,11-19H2,1-6H3. The van der Waals surface area contributed by atoms with Crippen molar-refractivity contribution in [2.45, 2.75) is 59.7 Å². The molecule has 0 unspecified atom stereocenters. The second kappa shape index (κ2) is 11.8. The Labute approximate surface area is 194 Å². The zero-order valence-corrected chi connectivity index (χ0v) is 20.9. The van der Waals surface area contributed by atoms with E-state index in [1.807, 2.05) is 6.07 Å². The number of hydrogen-bond donors (Lipinski definition) is 0. The Kier molecular flexibility index (Phi) is 9.14. The summed E-state index contributed by atoms with van der Waals surface area (Å²) in [5, 5.41) is 4.80. The molecule has 1 saturated heterocycles. The number of aromatic nitrogens is 2. The van der Waals surface area contributed by atoms with E-state index < -0.39 is 0 Å². The molecule has 32 heavy (non-hydrogen) atoms. The highest BCUT2D eigenvalue weighted by molar-refractivity contribution is 5.33. The zero-order chi connectivity index (χ0) is 23.1.